The molecular weight excluding hydrogens is 246 g/mol. The Morgan fingerprint density at radius 2 is 1.84 bits per heavy atom. The fourth-order valence-electron chi connectivity index (χ4n) is 1.65. The van der Waals surface area contributed by atoms with Crippen molar-refractivity contribution in [1.82, 2.24) is 5.32 Å². The van der Waals surface area contributed by atoms with Gasteiger partial charge in [0.2, 0.25) is 0 Å². The monoisotopic (exact) mass is 267 g/mol. The van der Waals surface area contributed by atoms with E-state index in [1.165, 1.54) is 0 Å². The molecule has 0 aliphatic heterocycles. The van der Waals surface area contributed by atoms with Gasteiger partial charge in [-0.1, -0.05) is 36.3 Å². The van der Waals surface area contributed by atoms with Crippen LogP contribution in [0.2, 0.25) is 0 Å². The third kappa shape index (κ3) is 3.92. The van der Waals surface area contributed by atoms with Gasteiger partial charge in [-0.25, -0.2) is 0 Å². The van der Waals surface area contributed by atoms with E-state index in [9.17, 15) is 10.2 Å². The lowest BCUT2D eigenvalue weighted by atomic mass is 9.98. The molecule has 0 radical (unpaired) electrons. The Morgan fingerprint density at radius 1 is 1.26 bits per heavy atom. The van der Waals surface area contributed by atoms with Crippen molar-refractivity contribution in [2.45, 2.75) is 25.4 Å². The number of rotatable bonds is 7. The number of hydrogen-bond acceptors (Lipinski definition) is 5. The zero-order valence-corrected chi connectivity index (χ0v) is 11.0. The van der Waals surface area contributed by atoms with Crippen LogP contribution in [-0.4, -0.2) is 40.0 Å². The second-order valence-electron chi connectivity index (χ2n) is 4.49. The number of amidine groups is 1. The standard InChI is InChI=1S/C13H21N3O3/c1-2-13(8-17,9-18)15-7-10-3-5-11(6-4-10)12(14)16-19/h3-6,15,17-19H,2,7-9H2,1H3,(H2,14,16). The third-order valence-corrected chi connectivity index (χ3v) is 3.31. The van der Waals surface area contributed by atoms with Crippen molar-refractivity contribution >= 4 is 5.84 Å². The van der Waals surface area contributed by atoms with E-state index < -0.39 is 5.54 Å². The first-order chi connectivity index (χ1) is 9.10. The van der Waals surface area contributed by atoms with Crippen LogP contribution < -0.4 is 11.1 Å². The zero-order chi connectivity index (χ0) is 14.3. The molecule has 0 unspecified atom stereocenters. The molecule has 6 nitrogen and oxygen atoms in total. The van der Waals surface area contributed by atoms with Gasteiger partial charge in [0, 0.05) is 12.1 Å². The van der Waals surface area contributed by atoms with Crippen molar-refractivity contribution in [3.05, 3.63) is 35.4 Å². The third-order valence-electron chi connectivity index (χ3n) is 3.31. The smallest absolute Gasteiger partial charge is 0.170 e. The van der Waals surface area contributed by atoms with E-state index in [1.54, 1.807) is 12.1 Å². The van der Waals surface area contributed by atoms with Crippen molar-refractivity contribution < 1.29 is 15.4 Å². The molecule has 0 bridgehead atoms. The number of benzene rings is 1. The van der Waals surface area contributed by atoms with E-state index in [-0.39, 0.29) is 19.0 Å². The Bertz CT molecular complexity index is 405. The average molecular weight is 267 g/mol. The van der Waals surface area contributed by atoms with E-state index in [0.29, 0.717) is 18.5 Å². The van der Waals surface area contributed by atoms with Gasteiger partial charge >= 0.3 is 0 Å². The minimum absolute atomic E-state index is 0.0631. The molecule has 0 aliphatic rings. The topological polar surface area (TPSA) is 111 Å². The second kappa shape index (κ2) is 7.08. The van der Waals surface area contributed by atoms with Crippen molar-refractivity contribution in [3.8, 4) is 0 Å². The van der Waals surface area contributed by atoms with Crippen molar-refractivity contribution in [1.29, 1.82) is 0 Å². The molecule has 1 aromatic carbocycles. The Morgan fingerprint density at radius 3 is 2.26 bits per heavy atom. The van der Waals surface area contributed by atoms with Crippen LogP contribution in [0.3, 0.4) is 0 Å². The van der Waals surface area contributed by atoms with Crippen LogP contribution in [0.5, 0.6) is 0 Å². The zero-order valence-electron chi connectivity index (χ0n) is 11.0. The maximum Gasteiger partial charge on any atom is 0.170 e. The number of nitrogens with zero attached hydrogens (tertiary/aromatic N) is 1. The van der Waals surface area contributed by atoms with Gasteiger partial charge in [-0.15, -0.1) is 0 Å². The van der Waals surface area contributed by atoms with Crippen LogP contribution in [0.15, 0.2) is 29.4 Å². The van der Waals surface area contributed by atoms with Crippen LogP contribution in [0.1, 0.15) is 24.5 Å². The van der Waals surface area contributed by atoms with Crippen LogP contribution in [-0.2, 0) is 6.54 Å². The number of aliphatic hydroxyl groups excluding tert-OH is 2. The number of hydrogen-bond donors (Lipinski definition) is 5. The first-order valence-corrected chi connectivity index (χ1v) is 6.14. The van der Waals surface area contributed by atoms with Crippen molar-refractivity contribution in [3.63, 3.8) is 0 Å². The maximum atomic E-state index is 9.32. The van der Waals surface area contributed by atoms with Gasteiger partial charge in [0.25, 0.3) is 0 Å². The summed E-state index contributed by atoms with van der Waals surface area (Å²) in [6, 6.07) is 7.18. The summed E-state index contributed by atoms with van der Waals surface area (Å²) in [4.78, 5) is 0. The lowest BCUT2D eigenvalue weighted by molar-refractivity contribution is 0.0864. The molecule has 0 spiro atoms. The predicted octanol–water partition coefficient (Wildman–Crippen LogP) is 0.00410. The highest BCUT2D eigenvalue weighted by molar-refractivity contribution is 5.96. The molecule has 1 aromatic rings. The Balaban J connectivity index is 2.68. The van der Waals surface area contributed by atoms with Gasteiger partial charge < -0.3 is 26.5 Å². The molecule has 0 fully saturated rings. The number of oxime groups is 1. The summed E-state index contributed by atoms with van der Waals surface area (Å²) < 4.78 is 0. The van der Waals surface area contributed by atoms with Crippen LogP contribution in [0.25, 0.3) is 0 Å². The van der Waals surface area contributed by atoms with E-state index in [4.69, 9.17) is 10.9 Å². The predicted molar refractivity (Wildman–Crippen MR) is 73.0 cm³/mol. The fraction of sp³-hybridized carbons (Fsp3) is 0.462. The van der Waals surface area contributed by atoms with E-state index in [2.05, 4.69) is 10.5 Å². The largest absolute Gasteiger partial charge is 0.409 e. The molecule has 6 heteroatoms. The number of nitrogens with one attached hydrogen (secondary N) is 1. The summed E-state index contributed by atoms with van der Waals surface area (Å²) in [5.41, 5.74) is 6.43. The second-order valence-corrected chi connectivity index (χ2v) is 4.49. The average Bonchev–Trinajstić information content (AvgIpc) is 2.49. The molecule has 0 amide bonds. The summed E-state index contributed by atoms with van der Waals surface area (Å²) in [6.45, 7) is 2.18. The lowest BCUT2D eigenvalue weighted by Gasteiger charge is -2.29. The maximum absolute atomic E-state index is 9.32. The highest BCUT2D eigenvalue weighted by Gasteiger charge is 2.25. The van der Waals surface area contributed by atoms with Gasteiger partial charge in [-0.2, -0.15) is 0 Å². The normalized spacial score (nSPS) is 12.7. The van der Waals surface area contributed by atoms with Crippen molar-refractivity contribution in [2.24, 2.45) is 10.9 Å². The quantitative estimate of drug-likeness (QED) is 0.207. The first kappa shape index (κ1) is 15.4. The number of aliphatic hydroxyl groups is 2. The summed E-state index contributed by atoms with van der Waals surface area (Å²) >= 11 is 0. The molecule has 1 rings (SSSR count). The molecule has 0 heterocycles. The van der Waals surface area contributed by atoms with Crippen LogP contribution in [0.4, 0.5) is 0 Å². The summed E-state index contributed by atoms with van der Waals surface area (Å²) in [7, 11) is 0. The summed E-state index contributed by atoms with van der Waals surface area (Å²) in [6.07, 6.45) is 0.627. The molecule has 106 valence electrons. The summed E-state index contributed by atoms with van der Waals surface area (Å²) in [5.74, 6) is 0.0631. The van der Waals surface area contributed by atoms with Gasteiger partial charge in [-0.05, 0) is 12.0 Å². The molecule has 19 heavy (non-hydrogen) atoms. The molecule has 0 saturated carbocycles. The van der Waals surface area contributed by atoms with Gasteiger partial charge in [0.05, 0.1) is 18.8 Å². The molecular formula is C13H21N3O3. The van der Waals surface area contributed by atoms with E-state index in [0.717, 1.165) is 5.56 Å². The van der Waals surface area contributed by atoms with Gasteiger partial charge in [0.1, 0.15) is 0 Å². The molecule has 0 aliphatic carbocycles. The number of nitrogens with two attached hydrogens (primary N) is 1. The highest BCUT2D eigenvalue weighted by atomic mass is 16.4. The van der Waals surface area contributed by atoms with Crippen molar-refractivity contribution in [2.75, 3.05) is 13.2 Å². The fourth-order valence-corrected chi connectivity index (χ4v) is 1.65. The van der Waals surface area contributed by atoms with Crippen LogP contribution >= 0.6 is 0 Å². The van der Waals surface area contributed by atoms with E-state index in [1.807, 2.05) is 19.1 Å². The molecule has 0 atom stereocenters. The molecule has 0 saturated heterocycles. The minimum atomic E-state index is -0.662. The molecule has 0 aromatic heterocycles. The Kier molecular flexibility index (Phi) is 5.75. The highest BCUT2D eigenvalue weighted by Crippen LogP contribution is 2.11. The van der Waals surface area contributed by atoms with Gasteiger partial charge in [-0.3, -0.25) is 0 Å². The first-order valence-electron chi connectivity index (χ1n) is 6.14. The minimum Gasteiger partial charge on any atom is -0.409 e. The molecule has 6 N–H and O–H groups in total. The SMILES string of the molecule is CCC(CO)(CO)NCc1ccc(/C(N)=N/O)cc1. The summed E-state index contributed by atoms with van der Waals surface area (Å²) in [5, 5.41) is 33.3. The van der Waals surface area contributed by atoms with Gasteiger partial charge in [0.15, 0.2) is 5.84 Å². The lowest BCUT2D eigenvalue weighted by Crippen LogP contribution is -2.50. The van der Waals surface area contributed by atoms with Crippen LogP contribution in [0, 0.1) is 0 Å². The Labute approximate surface area is 112 Å². The Hall–Kier alpha value is -1.63. The van der Waals surface area contributed by atoms with E-state index >= 15 is 0 Å².